The number of rotatable bonds is 3. The summed E-state index contributed by atoms with van der Waals surface area (Å²) >= 11 is 1.31. The fourth-order valence-electron chi connectivity index (χ4n) is 2.27. The van der Waals surface area contributed by atoms with Gasteiger partial charge in [-0.3, -0.25) is 4.40 Å². The molecule has 0 atom stereocenters. The van der Waals surface area contributed by atoms with Gasteiger partial charge < -0.3 is 10.5 Å². The zero-order valence-corrected chi connectivity index (χ0v) is 15.4. The number of anilines is 1. The fraction of sp³-hybridized carbons (Fsp3) is 0.333. The van der Waals surface area contributed by atoms with Crippen molar-refractivity contribution in [2.24, 2.45) is 0 Å². The van der Waals surface area contributed by atoms with Gasteiger partial charge in [-0.05, 0) is 20.8 Å². The maximum atomic E-state index is 12.9. The van der Waals surface area contributed by atoms with E-state index in [-0.39, 0.29) is 10.6 Å². The lowest BCUT2D eigenvalue weighted by molar-refractivity contribution is 0.401. The monoisotopic (exact) mass is 366 g/mol. The molecule has 0 spiro atoms. The Hall–Kier alpha value is -2.13. The van der Waals surface area contributed by atoms with Crippen molar-refractivity contribution in [1.82, 2.24) is 14.4 Å². The molecule has 0 radical (unpaired) electrons. The Morgan fingerprint density at radius 1 is 1.25 bits per heavy atom. The number of hydrogen-bond donors (Lipinski definition) is 1. The van der Waals surface area contributed by atoms with E-state index in [1.807, 2.05) is 0 Å². The first-order valence-electron chi connectivity index (χ1n) is 7.16. The number of aromatic nitrogens is 3. The molecule has 2 N–H and O–H groups in total. The van der Waals surface area contributed by atoms with Crippen LogP contribution in [0.2, 0.25) is 0 Å². The average Bonchev–Trinajstić information content (AvgIpc) is 3.09. The van der Waals surface area contributed by atoms with E-state index < -0.39 is 14.6 Å². The van der Waals surface area contributed by atoms with Gasteiger partial charge >= 0.3 is 0 Å². The van der Waals surface area contributed by atoms with Crippen LogP contribution in [0.5, 0.6) is 5.75 Å². The molecule has 24 heavy (non-hydrogen) atoms. The highest BCUT2D eigenvalue weighted by Crippen LogP contribution is 2.35. The molecule has 3 rings (SSSR count). The molecule has 3 aromatic rings. The quantitative estimate of drug-likeness (QED) is 0.765. The van der Waals surface area contributed by atoms with Gasteiger partial charge in [-0.15, -0.1) is 0 Å². The first kappa shape index (κ1) is 16.7. The molecule has 0 unspecified atom stereocenters. The summed E-state index contributed by atoms with van der Waals surface area (Å²) < 4.78 is 31.9. The number of pyridine rings is 1. The lowest BCUT2D eigenvalue weighted by atomic mass is 10.3. The van der Waals surface area contributed by atoms with Crippen LogP contribution in [0.3, 0.4) is 0 Å². The van der Waals surface area contributed by atoms with Gasteiger partial charge in [0.25, 0.3) is 0 Å². The van der Waals surface area contributed by atoms with Gasteiger partial charge in [-0.25, -0.2) is 18.4 Å². The van der Waals surface area contributed by atoms with Crippen molar-refractivity contribution >= 4 is 32.0 Å². The molecule has 3 heterocycles. The standard InChI is InChI=1S/C15H18N4O3S2/c1-15(2,3)24(20,21)12-8-19-9(11-7-18-14(16)23-11)6-17-13(19)5-10(12)22-4/h5-8H,1-4H3,(H2,16,18). The van der Waals surface area contributed by atoms with Crippen molar-refractivity contribution in [1.29, 1.82) is 0 Å². The van der Waals surface area contributed by atoms with Crippen molar-refractivity contribution in [3.8, 4) is 16.3 Å². The molecule has 128 valence electrons. The number of ether oxygens (including phenoxy) is 1. The van der Waals surface area contributed by atoms with Crippen LogP contribution in [-0.2, 0) is 9.84 Å². The summed E-state index contributed by atoms with van der Waals surface area (Å²) in [5, 5.41) is 0.441. The number of thiazole rings is 1. The number of fused-ring (bicyclic) bond motifs is 1. The van der Waals surface area contributed by atoms with Crippen LogP contribution in [0.15, 0.2) is 29.6 Å². The summed E-state index contributed by atoms with van der Waals surface area (Å²) in [7, 11) is -2.15. The number of nitrogens with two attached hydrogens (primary N) is 1. The van der Waals surface area contributed by atoms with E-state index in [0.717, 1.165) is 10.6 Å². The third-order valence-corrected chi connectivity index (χ3v) is 7.01. The van der Waals surface area contributed by atoms with E-state index in [2.05, 4.69) is 9.97 Å². The van der Waals surface area contributed by atoms with Crippen LogP contribution >= 0.6 is 11.3 Å². The Morgan fingerprint density at radius 3 is 2.50 bits per heavy atom. The van der Waals surface area contributed by atoms with Crippen LogP contribution in [0.4, 0.5) is 5.13 Å². The van der Waals surface area contributed by atoms with Gasteiger partial charge in [0.2, 0.25) is 0 Å². The van der Waals surface area contributed by atoms with Crippen LogP contribution in [0, 0.1) is 0 Å². The first-order valence-corrected chi connectivity index (χ1v) is 9.46. The molecular weight excluding hydrogens is 348 g/mol. The average molecular weight is 366 g/mol. The Labute approximate surface area is 144 Å². The number of nitrogen functional groups attached to an aromatic ring is 1. The number of methoxy groups -OCH3 is 1. The zero-order valence-electron chi connectivity index (χ0n) is 13.8. The van der Waals surface area contributed by atoms with E-state index in [0.29, 0.717) is 10.8 Å². The minimum Gasteiger partial charge on any atom is -0.495 e. The largest absolute Gasteiger partial charge is 0.495 e. The zero-order chi connectivity index (χ0) is 17.7. The highest BCUT2D eigenvalue weighted by molar-refractivity contribution is 7.92. The highest BCUT2D eigenvalue weighted by atomic mass is 32.2. The van der Waals surface area contributed by atoms with Gasteiger partial charge in [0.05, 0.1) is 28.6 Å². The molecule has 0 saturated carbocycles. The van der Waals surface area contributed by atoms with Gasteiger partial charge in [0.15, 0.2) is 15.0 Å². The number of imidazole rings is 1. The molecular formula is C15H18N4O3S2. The van der Waals surface area contributed by atoms with Crippen molar-refractivity contribution in [3.63, 3.8) is 0 Å². The second-order valence-corrected chi connectivity index (χ2v) is 9.99. The Kier molecular flexibility index (Phi) is 3.80. The van der Waals surface area contributed by atoms with Crippen molar-refractivity contribution in [3.05, 3.63) is 24.7 Å². The van der Waals surface area contributed by atoms with E-state index in [1.165, 1.54) is 18.4 Å². The van der Waals surface area contributed by atoms with E-state index in [9.17, 15) is 8.42 Å². The smallest absolute Gasteiger partial charge is 0.188 e. The summed E-state index contributed by atoms with van der Waals surface area (Å²) in [4.78, 5) is 9.30. The van der Waals surface area contributed by atoms with Gasteiger partial charge in [-0.1, -0.05) is 11.3 Å². The van der Waals surface area contributed by atoms with Gasteiger partial charge in [-0.2, -0.15) is 0 Å². The second-order valence-electron chi connectivity index (χ2n) is 6.26. The lowest BCUT2D eigenvalue weighted by Gasteiger charge is -2.21. The topological polar surface area (TPSA) is 99.6 Å². The Bertz CT molecular complexity index is 1010. The molecule has 9 heteroatoms. The minimum absolute atomic E-state index is 0.127. The van der Waals surface area contributed by atoms with Crippen LogP contribution in [0.25, 0.3) is 16.2 Å². The van der Waals surface area contributed by atoms with Crippen molar-refractivity contribution in [2.45, 2.75) is 30.4 Å². The third-order valence-electron chi connectivity index (χ3n) is 3.67. The maximum absolute atomic E-state index is 12.9. The fourth-order valence-corrected chi connectivity index (χ4v) is 4.27. The van der Waals surface area contributed by atoms with Crippen LogP contribution in [0.1, 0.15) is 20.8 Å². The molecule has 7 nitrogen and oxygen atoms in total. The van der Waals surface area contributed by atoms with Crippen LogP contribution < -0.4 is 10.5 Å². The summed E-state index contributed by atoms with van der Waals surface area (Å²) in [6, 6.07) is 1.62. The van der Waals surface area contributed by atoms with E-state index in [1.54, 1.807) is 49.8 Å². The summed E-state index contributed by atoms with van der Waals surface area (Å²) in [5.74, 6) is 0.276. The molecule has 0 aliphatic rings. The molecule has 0 aliphatic heterocycles. The number of hydrogen-bond acceptors (Lipinski definition) is 7. The van der Waals surface area contributed by atoms with Crippen molar-refractivity contribution < 1.29 is 13.2 Å². The predicted octanol–water partition coefficient (Wildman–Crippen LogP) is 2.62. The summed E-state index contributed by atoms with van der Waals surface area (Å²) in [6.07, 6.45) is 4.85. The minimum atomic E-state index is -3.59. The van der Waals surface area contributed by atoms with E-state index >= 15 is 0 Å². The Morgan fingerprint density at radius 2 is 1.96 bits per heavy atom. The predicted molar refractivity (Wildman–Crippen MR) is 94.2 cm³/mol. The van der Waals surface area contributed by atoms with Crippen LogP contribution in [-0.4, -0.2) is 34.6 Å². The highest BCUT2D eigenvalue weighted by Gasteiger charge is 2.34. The normalized spacial score (nSPS) is 12.7. The second kappa shape index (κ2) is 5.45. The summed E-state index contributed by atoms with van der Waals surface area (Å²) in [6.45, 7) is 4.97. The van der Waals surface area contributed by atoms with E-state index in [4.69, 9.17) is 10.5 Å². The third kappa shape index (κ3) is 2.53. The lowest BCUT2D eigenvalue weighted by Crippen LogP contribution is -2.28. The molecule has 0 aromatic carbocycles. The van der Waals surface area contributed by atoms with Gasteiger partial charge in [0.1, 0.15) is 16.3 Å². The molecule has 0 fully saturated rings. The summed E-state index contributed by atoms with van der Waals surface area (Å²) in [5.41, 5.74) is 7.01. The molecule has 0 aliphatic carbocycles. The number of sulfone groups is 1. The maximum Gasteiger partial charge on any atom is 0.188 e. The number of nitrogens with zero attached hydrogens (tertiary/aromatic N) is 3. The first-order chi connectivity index (χ1) is 11.1. The van der Waals surface area contributed by atoms with Gasteiger partial charge in [0, 0.05) is 18.5 Å². The SMILES string of the molecule is COc1cc2ncc(-c3cnc(N)s3)n2cc1S(=O)(=O)C(C)(C)C. The molecule has 0 bridgehead atoms. The Balaban J connectivity index is 2.31. The molecule has 3 aromatic heterocycles. The van der Waals surface area contributed by atoms with Crippen molar-refractivity contribution in [2.75, 3.05) is 12.8 Å². The molecule has 0 amide bonds. The molecule has 0 saturated heterocycles.